The molecule has 1 saturated heterocycles. The van der Waals surface area contributed by atoms with E-state index in [2.05, 4.69) is 5.32 Å². The van der Waals surface area contributed by atoms with E-state index in [0.717, 1.165) is 5.56 Å². The maximum Gasteiger partial charge on any atom is 0.311 e. The molecule has 0 aliphatic carbocycles. The van der Waals surface area contributed by atoms with E-state index in [9.17, 15) is 14.7 Å². The lowest BCUT2D eigenvalue weighted by Gasteiger charge is -2.33. The number of benzene rings is 1. The van der Waals surface area contributed by atoms with Crippen LogP contribution in [0.2, 0.25) is 5.02 Å². The predicted molar refractivity (Wildman–Crippen MR) is 78.6 cm³/mol. The molecule has 6 heteroatoms. The monoisotopic (exact) mass is 311 g/mol. The molecule has 1 aliphatic heterocycles. The van der Waals surface area contributed by atoms with Crippen LogP contribution >= 0.6 is 11.6 Å². The topological polar surface area (TPSA) is 75.6 Å². The van der Waals surface area contributed by atoms with Gasteiger partial charge in [-0.15, -0.1) is 0 Å². The van der Waals surface area contributed by atoms with Crippen molar-refractivity contribution in [3.63, 3.8) is 0 Å². The van der Waals surface area contributed by atoms with Crippen LogP contribution in [0.1, 0.15) is 28.8 Å². The third-order valence-corrected chi connectivity index (χ3v) is 4.33. The van der Waals surface area contributed by atoms with E-state index in [-0.39, 0.29) is 12.5 Å². The fourth-order valence-corrected chi connectivity index (χ4v) is 2.49. The Kier molecular flexibility index (Phi) is 4.85. The van der Waals surface area contributed by atoms with Crippen molar-refractivity contribution in [2.75, 3.05) is 19.8 Å². The molecule has 0 atom stereocenters. The van der Waals surface area contributed by atoms with Crippen LogP contribution in [0.25, 0.3) is 0 Å². The van der Waals surface area contributed by atoms with E-state index in [1.165, 1.54) is 0 Å². The molecule has 1 aliphatic rings. The van der Waals surface area contributed by atoms with Gasteiger partial charge in [-0.05, 0) is 37.5 Å². The molecule has 1 aromatic rings. The zero-order chi connectivity index (χ0) is 15.5. The Bertz CT molecular complexity index is 553. The molecule has 114 valence electrons. The lowest BCUT2D eigenvalue weighted by Crippen LogP contribution is -2.46. The second-order valence-electron chi connectivity index (χ2n) is 5.34. The number of aryl methyl sites for hydroxylation is 1. The summed E-state index contributed by atoms with van der Waals surface area (Å²) in [6.07, 6.45) is 0.800. The van der Waals surface area contributed by atoms with E-state index in [4.69, 9.17) is 16.3 Å². The molecule has 1 aromatic carbocycles. The number of carboxylic acid groups (broad SMARTS) is 1. The number of ether oxygens (including phenoxy) is 1. The van der Waals surface area contributed by atoms with E-state index in [0.29, 0.717) is 36.6 Å². The van der Waals surface area contributed by atoms with E-state index < -0.39 is 11.4 Å². The van der Waals surface area contributed by atoms with Crippen molar-refractivity contribution < 1.29 is 19.4 Å². The average Bonchev–Trinajstić information content (AvgIpc) is 2.48. The average molecular weight is 312 g/mol. The van der Waals surface area contributed by atoms with Gasteiger partial charge in [-0.2, -0.15) is 0 Å². The first-order valence-corrected chi connectivity index (χ1v) is 7.18. The minimum atomic E-state index is -0.942. The molecular weight excluding hydrogens is 294 g/mol. The van der Waals surface area contributed by atoms with Crippen LogP contribution < -0.4 is 5.32 Å². The normalized spacial score (nSPS) is 17.2. The summed E-state index contributed by atoms with van der Waals surface area (Å²) in [7, 11) is 0. The number of amides is 1. The van der Waals surface area contributed by atoms with Crippen LogP contribution in [0.15, 0.2) is 18.2 Å². The van der Waals surface area contributed by atoms with Crippen molar-refractivity contribution in [1.82, 2.24) is 5.32 Å². The zero-order valence-corrected chi connectivity index (χ0v) is 12.6. The van der Waals surface area contributed by atoms with Crippen molar-refractivity contribution in [3.05, 3.63) is 34.3 Å². The van der Waals surface area contributed by atoms with Crippen LogP contribution in [0.5, 0.6) is 0 Å². The summed E-state index contributed by atoms with van der Waals surface area (Å²) in [5, 5.41) is 12.6. The van der Waals surface area contributed by atoms with Crippen molar-refractivity contribution in [3.8, 4) is 0 Å². The molecule has 1 fully saturated rings. The minimum Gasteiger partial charge on any atom is -0.481 e. The SMILES string of the molecule is Cc1ccc(C(=O)NCC2(C(=O)O)CCOCC2)cc1Cl. The molecule has 0 spiro atoms. The van der Waals surface area contributed by atoms with Crippen LogP contribution in [0.4, 0.5) is 0 Å². The number of hydrogen-bond donors (Lipinski definition) is 2. The molecule has 0 aromatic heterocycles. The van der Waals surface area contributed by atoms with E-state index in [1.807, 2.05) is 6.92 Å². The first-order valence-electron chi connectivity index (χ1n) is 6.80. The highest BCUT2D eigenvalue weighted by molar-refractivity contribution is 6.31. The van der Waals surface area contributed by atoms with Gasteiger partial charge >= 0.3 is 5.97 Å². The molecule has 0 saturated carbocycles. The lowest BCUT2D eigenvalue weighted by atomic mass is 9.80. The van der Waals surface area contributed by atoms with Crippen LogP contribution in [-0.2, 0) is 9.53 Å². The minimum absolute atomic E-state index is 0.0933. The van der Waals surface area contributed by atoms with Gasteiger partial charge in [0.1, 0.15) is 0 Å². The van der Waals surface area contributed by atoms with E-state index >= 15 is 0 Å². The van der Waals surface area contributed by atoms with Gasteiger partial charge in [-0.3, -0.25) is 9.59 Å². The predicted octanol–water partition coefficient (Wildman–Crippen LogP) is 2.26. The van der Waals surface area contributed by atoms with Gasteiger partial charge in [0.05, 0.1) is 5.41 Å². The summed E-state index contributed by atoms with van der Waals surface area (Å²) in [4.78, 5) is 23.6. The quantitative estimate of drug-likeness (QED) is 0.894. The fourth-order valence-electron chi connectivity index (χ4n) is 2.31. The van der Waals surface area contributed by atoms with Gasteiger partial charge in [0.2, 0.25) is 0 Å². The summed E-state index contributed by atoms with van der Waals surface area (Å²) in [5.74, 6) is -1.21. The van der Waals surface area contributed by atoms with Gasteiger partial charge in [-0.1, -0.05) is 17.7 Å². The number of carbonyl (C=O) groups is 2. The Morgan fingerprint density at radius 2 is 2.05 bits per heavy atom. The molecule has 21 heavy (non-hydrogen) atoms. The van der Waals surface area contributed by atoms with Crippen LogP contribution in [-0.4, -0.2) is 36.7 Å². The molecule has 2 N–H and O–H groups in total. The molecule has 0 radical (unpaired) electrons. The molecule has 5 nitrogen and oxygen atoms in total. The van der Waals surface area contributed by atoms with E-state index in [1.54, 1.807) is 18.2 Å². The van der Waals surface area contributed by atoms with Crippen LogP contribution in [0.3, 0.4) is 0 Å². The lowest BCUT2D eigenvalue weighted by molar-refractivity contribution is -0.154. The Morgan fingerprint density at radius 3 is 2.62 bits per heavy atom. The standard InChI is InChI=1S/C15H18ClNO4/c1-10-2-3-11(8-12(10)16)13(18)17-9-15(14(19)20)4-6-21-7-5-15/h2-3,8H,4-7,9H2,1H3,(H,17,18)(H,19,20). The van der Waals surface area contributed by atoms with Crippen molar-refractivity contribution in [1.29, 1.82) is 0 Å². The Balaban J connectivity index is 2.05. The van der Waals surface area contributed by atoms with Gasteiger partial charge in [0.15, 0.2) is 0 Å². The third kappa shape index (κ3) is 3.54. The number of aliphatic carboxylic acids is 1. The summed E-state index contributed by atoms with van der Waals surface area (Å²) < 4.78 is 5.20. The second-order valence-corrected chi connectivity index (χ2v) is 5.75. The number of halogens is 1. The van der Waals surface area contributed by atoms with Crippen LogP contribution in [0, 0.1) is 12.3 Å². The number of hydrogen-bond acceptors (Lipinski definition) is 3. The van der Waals surface area contributed by atoms with Crippen molar-refractivity contribution in [2.24, 2.45) is 5.41 Å². The molecular formula is C15H18ClNO4. The molecule has 1 heterocycles. The number of carbonyl (C=O) groups excluding carboxylic acids is 1. The summed E-state index contributed by atoms with van der Waals surface area (Å²) in [6, 6.07) is 5.02. The zero-order valence-electron chi connectivity index (χ0n) is 11.8. The molecule has 1 amide bonds. The Morgan fingerprint density at radius 1 is 1.38 bits per heavy atom. The third-order valence-electron chi connectivity index (χ3n) is 3.92. The highest BCUT2D eigenvalue weighted by atomic mass is 35.5. The number of rotatable bonds is 4. The second kappa shape index (κ2) is 6.45. The van der Waals surface area contributed by atoms with Gasteiger partial charge in [-0.25, -0.2) is 0 Å². The maximum atomic E-state index is 12.1. The van der Waals surface area contributed by atoms with Crippen molar-refractivity contribution >= 4 is 23.5 Å². The highest BCUT2D eigenvalue weighted by Crippen LogP contribution is 2.30. The Hall–Kier alpha value is -1.59. The van der Waals surface area contributed by atoms with Gasteiger partial charge in [0.25, 0.3) is 5.91 Å². The molecule has 0 unspecified atom stereocenters. The molecule has 2 rings (SSSR count). The first-order chi connectivity index (χ1) is 9.94. The number of carboxylic acids is 1. The summed E-state index contributed by atoms with van der Waals surface area (Å²) in [6.45, 7) is 2.75. The summed E-state index contributed by atoms with van der Waals surface area (Å²) in [5.41, 5.74) is 0.375. The van der Waals surface area contributed by atoms with Gasteiger partial charge < -0.3 is 15.2 Å². The Labute approximate surface area is 128 Å². The smallest absolute Gasteiger partial charge is 0.311 e. The first kappa shape index (κ1) is 15.8. The largest absolute Gasteiger partial charge is 0.481 e. The van der Waals surface area contributed by atoms with Gasteiger partial charge in [0, 0.05) is 30.3 Å². The number of nitrogens with one attached hydrogen (secondary N) is 1. The van der Waals surface area contributed by atoms with Crippen molar-refractivity contribution in [2.45, 2.75) is 19.8 Å². The highest BCUT2D eigenvalue weighted by Gasteiger charge is 2.40. The molecule has 0 bridgehead atoms. The maximum absolute atomic E-state index is 12.1. The summed E-state index contributed by atoms with van der Waals surface area (Å²) >= 11 is 5.99. The fraction of sp³-hybridized carbons (Fsp3) is 0.467.